The Hall–Kier alpha value is -3.06. The van der Waals surface area contributed by atoms with E-state index in [1.54, 1.807) is 11.8 Å². The number of amides is 1. The molecule has 1 aliphatic rings. The van der Waals surface area contributed by atoms with Gasteiger partial charge in [0.1, 0.15) is 6.04 Å². The van der Waals surface area contributed by atoms with Crippen LogP contribution in [-0.2, 0) is 11.2 Å². The van der Waals surface area contributed by atoms with E-state index in [0.29, 0.717) is 16.7 Å². The van der Waals surface area contributed by atoms with Crippen molar-refractivity contribution < 1.29 is 4.79 Å². The number of anilines is 2. The van der Waals surface area contributed by atoms with Gasteiger partial charge < -0.3 is 10.6 Å². The lowest BCUT2D eigenvalue weighted by molar-refractivity contribution is -0.113. The molecule has 154 valence electrons. The van der Waals surface area contributed by atoms with Gasteiger partial charge in [-0.05, 0) is 42.4 Å². The van der Waals surface area contributed by atoms with Gasteiger partial charge in [-0.2, -0.15) is 4.98 Å². The second kappa shape index (κ2) is 8.75. The third-order valence-electron chi connectivity index (χ3n) is 5.09. The van der Waals surface area contributed by atoms with Gasteiger partial charge in [-0.1, -0.05) is 68.1 Å². The smallest absolute Gasteiger partial charge is 0.255 e. The Morgan fingerprint density at radius 3 is 2.53 bits per heavy atom. The molecule has 0 unspecified atom stereocenters. The van der Waals surface area contributed by atoms with Gasteiger partial charge in [0, 0.05) is 11.4 Å². The van der Waals surface area contributed by atoms with Crippen molar-refractivity contribution >= 4 is 29.3 Å². The number of carbonyl (C=O) groups excluding carboxylic acids is 1. The number of hydrogen-bond acceptors (Lipinski definition) is 5. The first-order chi connectivity index (χ1) is 14.6. The molecule has 1 atom stereocenters. The molecule has 7 heteroatoms. The summed E-state index contributed by atoms with van der Waals surface area (Å²) in [6.45, 7) is 6.09. The zero-order valence-corrected chi connectivity index (χ0v) is 18.2. The normalized spacial score (nSPS) is 15.5. The molecule has 0 aliphatic carbocycles. The van der Waals surface area contributed by atoms with Gasteiger partial charge in [0.2, 0.25) is 11.1 Å². The lowest BCUT2D eigenvalue weighted by atomic mass is 9.95. The highest BCUT2D eigenvalue weighted by atomic mass is 32.2. The maximum atomic E-state index is 13.4. The van der Waals surface area contributed by atoms with Crippen molar-refractivity contribution in [1.29, 1.82) is 0 Å². The highest BCUT2D eigenvalue weighted by Crippen LogP contribution is 2.36. The molecule has 0 saturated heterocycles. The lowest BCUT2D eigenvalue weighted by Crippen LogP contribution is -2.31. The average molecular weight is 420 g/mol. The first-order valence-electron chi connectivity index (χ1n) is 10.1. The van der Waals surface area contributed by atoms with E-state index in [2.05, 4.69) is 34.6 Å². The van der Waals surface area contributed by atoms with E-state index in [0.717, 1.165) is 29.1 Å². The summed E-state index contributed by atoms with van der Waals surface area (Å²) < 4.78 is 1.81. The quantitative estimate of drug-likeness (QED) is 0.557. The van der Waals surface area contributed by atoms with Crippen molar-refractivity contribution in [2.45, 2.75) is 38.4 Å². The number of nitrogens with one attached hydrogen (secondary N) is 2. The number of nitrogens with zero attached hydrogens (tertiary/aromatic N) is 3. The van der Waals surface area contributed by atoms with Crippen molar-refractivity contribution in [2.75, 3.05) is 16.4 Å². The third-order valence-corrected chi connectivity index (χ3v) is 5.81. The van der Waals surface area contributed by atoms with Crippen LogP contribution in [0.1, 0.15) is 37.9 Å². The van der Waals surface area contributed by atoms with Crippen LogP contribution < -0.4 is 10.6 Å². The molecule has 4 rings (SSSR count). The van der Waals surface area contributed by atoms with Crippen LogP contribution in [0.15, 0.2) is 71.0 Å². The fraction of sp³-hybridized carbons (Fsp3) is 0.261. The van der Waals surface area contributed by atoms with Crippen molar-refractivity contribution in [3.8, 4) is 0 Å². The molecule has 2 aromatic carbocycles. The summed E-state index contributed by atoms with van der Waals surface area (Å²) in [6.07, 6.45) is 0.964. The predicted molar refractivity (Wildman–Crippen MR) is 122 cm³/mol. The second-order valence-electron chi connectivity index (χ2n) is 7.08. The van der Waals surface area contributed by atoms with Gasteiger partial charge in [-0.15, -0.1) is 5.10 Å². The predicted octanol–water partition coefficient (Wildman–Crippen LogP) is 4.88. The van der Waals surface area contributed by atoms with Gasteiger partial charge in [0.05, 0.1) is 5.57 Å². The van der Waals surface area contributed by atoms with Crippen molar-refractivity contribution in [2.24, 2.45) is 0 Å². The van der Waals surface area contributed by atoms with E-state index in [9.17, 15) is 4.79 Å². The number of benzene rings is 2. The van der Waals surface area contributed by atoms with Crippen LogP contribution in [-0.4, -0.2) is 26.4 Å². The van der Waals surface area contributed by atoms with Crippen LogP contribution in [0, 0.1) is 0 Å². The van der Waals surface area contributed by atoms with Crippen LogP contribution >= 0.6 is 11.8 Å². The summed E-state index contributed by atoms with van der Waals surface area (Å²) in [7, 11) is 0. The molecule has 2 heterocycles. The molecule has 0 radical (unpaired) electrons. The SMILES string of the molecule is CCSc1nc2n(n1)[C@H](c1ccccc1)C(C(=O)Nc1ccc(CC)cc1)=C(C)N2. The number of rotatable bonds is 6. The molecule has 0 saturated carbocycles. The number of aryl methyl sites for hydroxylation is 1. The molecule has 6 nitrogen and oxygen atoms in total. The van der Waals surface area contributed by atoms with Crippen LogP contribution in [0.4, 0.5) is 11.6 Å². The Bertz CT molecular complexity index is 1070. The van der Waals surface area contributed by atoms with Gasteiger partial charge in [0.15, 0.2) is 0 Å². The van der Waals surface area contributed by atoms with Crippen LogP contribution in [0.5, 0.6) is 0 Å². The number of hydrogen-bond donors (Lipinski definition) is 2. The average Bonchev–Trinajstić information content (AvgIpc) is 3.16. The zero-order chi connectivity index (χ0) is 21.1. The van der Waals surface area contributed by atoms with Gasteiger partial charge in [0.25, 0.3) is 5.91 Å². The molecule has 1 aromatic heterocycles. The van der Waals surface area contributed by atoms with Gasteiger partial charge >= 0.3 is 0 Å². The standard InChI is InChI=1S/C23H25N5OS/c1-4-16-11-13-18(14-12-16)25-21(29)19-15(3)24-22-26-23(30-5-2)27-28(22)20(19)17-9-7-6-8-10-17/h6-14,20H,4-5H2,1-3H3,(H,25,29)(H,24,26,27)/t20-/m1/s1. The minimum Gasteiger partial charge on any atom is -0.328 e. The largest absolute Gasteiger partial charge is 0.328 e. The summed E-state index contributed by atoms with van der Waals surface area (Å²) in [6, 6.07) is 17.6. The molecule has 0 fully saturated rings. The summed E-state index contributed by atoms with van der Waals surface area (Å²) in [5, 5.41) is 11.7. The summed E-state index contributed by atoms with van der Waals surface area (Å²) >= 11 is 1.58. The van der Waals surface area contributed by atoms with E-state index in [-0.39, 0.29) is 11.9 Å². The Morgan fingerprint density at radius 1 is 1.13 bits per heavy atom. The number of carbonyl (C=O) groups is 1. The first-order valence-corrected chi connectivity index (χ1v) is 11.1. The fourth-order valence-electron chi connectivity index (χ4n) is 3.58. The van der Waals surface area contributed by atoms with E-state index in [4.69, 9.17) is 0 Å². The van der Waals surface area contributed by atoms with Crippen LogP contribution in [0.25, 0.3) is 0 Å². The summed E-state index contributed by atoms with van der Waals surface area (Å²) in [4.78, 5) is 18.0. The Kier molecular flexibility index (Phi) is 5.90. The molecule has 2 N–H and O–H groups in total. The molecule has 1 amide bonds. The van der Waals surface area contributed by atoms with Crippen LogP contribution in [0.2, 0.25) is 0 Å². The number of aromatic nitrogens is 3. The summed E-state index contributed by atoms with van der Waals surface area (Å²) in [5.41, 5.74) is 4.41. The minimum absolute atomic E-state index is 0.149. The van der Waals surface area contributed by atoms with Crippen LogP contribution in [0.3, 0.4) is 0 Å². The molecule has 0 spiro atoms. The molecule has 1 aliphatic heterocycles. The number of fused-ring (bicyclic) bond motifs is 1. The topological polar surface area (TPSA) is 71.8 Å². The van der Waals surface area contributed by atoms with E-state index >= 15 is 0 Å². The number of allylic oxidation sites excluding steroid dienone is 1. The molecular formula is C23H25N5OS. The molecular weight excluding hydrogens is 394 g/mol. The highest BCUT2D eigenvalue weighted by Gasteiger charge is 2.34. The Labute approximate surface area is 180 Å². The summed E-state index contributed by atoms with van der Waals surface area (Å²) in [5.74, 6) is 1.39. The lowest BCUT2D eigenvalue weighted by Gasteiger charge is -2.28. The van der Waals surface area contributed by atoms with E-state index < -0.39 is 0 Å². The number of thioether (sulfide) groups is 1. The molecule has 3 aromatic rings. The van der Waals surface area contributed by atoms with E-state index in [1.807, 2.05) is 66.2 Å². The minimum atomic E-state index is -0.351. The molecule has 30 heavy (non-hydrogen) atoms. The maximum Gasteiger partial charge on any atom is 0.255 e. The molecule has 0 bridgehead atoms. The van der Waals surface area contributed by atoms with Gasteiger partial charge in [-0.25, -0.2) is 4.68 Å². The third kappa shape index (κ3) is 3.98. The van der Waals surface area contributed by atoms with E-state index in [1.165, 1.54) is 5.56 Å². The zero-order valence-electron chi connectivity index (χ0n) is 17.3. The Balaban J connectivity index is 1.72. The fourth-order valence-corrected chi connectivity index (χ4v) is 4.14. The highest BCUT2D eigenvalue weighted by molar-refractivity contribution is 7.99. The van der Waals surface area contributed by atoms with Crippen molar-refractivity contribution in [3.63, 3.8) is 0 Å². The van der Waals surface area contributed by atoms with Gasteiger partial charge in [-0.3, -0.25) is 4.79 Å². The first kappa shape index (κ1) is 20.2. The van der Waals surface area contributed by atoms with Crippen molar-refractivity contribution in [1.82, 2.24) is 14.8 Å². The Morgan fingerprint density at radius 2 is 1.87 bits per heavy atom. The van der Waals surface area contributed by atoms with Crippen molar-refractivity contribution in [3.05, 3.63) is 77.0 Å². The maximum absolute atomic E-state index is 13.4. The monoisotopic (exact) mass is 419 g/mol. The second-order valence-corrected chi connectivity index (χ2v) is 8.31.